The monoisotopic (exact) mass is 316 g/mol. The van der Waals surface area contributed by atoms with Gasteiger partial charge >= 0.3 is 7.12 Å². The third-order valence-electron chi connectivity index (χ3n) is 3.41. The molecule has 0 bridgehead atoms. The van der Waals surface area contributed by atoms with E-state index in [4.69, 9.17) is 20.4 Å². The van der Waals surface area contributed by atoms with Crippen molar-refractivity contribution in [2.24, 2.45) is 5.73 Å². The van der Waals surface area contributed by atoms with Crippen LogP contribution in [0.2, 0.25) is 0 Å². The van der Waals surface area contributed by atoms with Crippen LogP contribution in [0.3, 0.4) is 0 Å². The Labute approximate surface area is 134 Å². The maximum Gasteiger partial charge on any atom is 0.491 e. The predicted octanol–water partition coefficient (Wildman–Crippen LogP) is 1.45. The lowest BCUT2D eigenvalue weighted by Gasteiger charge is -2.11. The fourth-order valence-electron chi connectivity index (χ4n) is 2.31. The number of ether oxygens (including phenoxy) is 1. The summed E-state index contributed by atoms with van der Waals surface area (Å²) in [6, 6.07) is 12.6. The highest BCUT2D eigenvalue weighted by molar-refractivity contribution is 6.61. The van der Waals surface area contributed by atoms with E-state index in [1.807, 2.05) is 6.07 Å². The molecule has 3 N–H and O–H groups in total. The summed E-state index contributed by atoms with van der Waals surface area (Å²) in [4.78, 5) is 0. The third-order valence-corrected chi connectivity index (χ3v) is 3.41. The van der Waals surface area contributed by atoms with Crippen LogP contribution in [-0.2, 0) is 17.8 Å². The van der Waals surface area contributed by atoms with Gasteiger partial charge in [0.25, 0.3) is 0 Å². The number of hydrogen-bond donors (Lipinski definition) is 2. The fraction of sp³-hybridized carbons (Fsp3) is 0.133. The number of benzene rings is 2. The van der Waals surface area contributed by atoms with Crippen LogP contribution in [-0.4, -0.2) is 12.1 Å². The second kappa shape index (κ2) is 6.82. The summed E-state index contributed by atoms with van der Waals surface area (Å²) in [5.41, 5.74) is 8.68. The molecule has 5 nitrogen and oxygen atoms in total. The van der Waals surface area contributed by atoms with E-state index < -0.39 is 7.12 Å². The molecule has 0 amide bonds. The summed E-state index contributed by atoms with van der Waals surface area (Å²) < 4.78 is 11.0. The first kappa shape index (κ1) is 16.3. The summed E-state index contributed by atoms with van der Waals surface area (Å²) >= 11 is 0. The van der Waals surface area contributed by atoms with Gasteiger partial charge in [-0.15, -0.1) is 12.4 Å². The zero-order valence-electron chi connectivity index (χ0n) is 11.7. The molecule has 0 saturated heterocycles. The molecule has 22 heavy (non-hydrogen) atoms. The topological polar surface area (TPSA) is 88.5 Å². The van der Waals surface area contributed by atoms with Gasteiger partial charge in [0.05, 0.1) is 18.2 Å². The number of halogens is 1. The van der Waals surface area contributed by atoms with Gasteiger partial charge in [-0.2, -0.15) is 5.26 Å². The molecule has 112 valence electrons. The Bertz CT molecular complexity index is 733. The molecule has 0 atom stereocenters. The van der Waals surface area contributed by atoms with E-state index in [-0.39, 0.29) is 19.0 Å². The van der Waals surface area contributed by atoms with Gasteiger partial charge in [0.15, 0.2) is 0 Å². The summed E-state index contributed by atoms with van der Waals surface area (Å²) in [7, 11) is -0.858. The highest BCUT2D eigenvalue weighted by Crippen LogP contribution is 2.27. The second-order valence-corrected chi connectivity index (χ2v) is 4.76. The Morgan fingerprint density at radius 3 is 2.86 bits per heavy atom. The van der Waals surface area contributed by atoms with Gasteiger partial charge in [0.2, 0.25) is 0 Å². The van der Waals surface area contributed by atoms with Crippen molar-refractivity contribution in [2.45, 2.75) is 13.2 Å². The van der Waals surface area contributed by atoms with Crippen LogP contribution in [0.1, 0.15) is 16.7 Å². The van der Waals surface area contributed by atoms with E-state index in [2.05, 4.69) is 6.07 Å². The molecule has 2 aromatic carbocycles. The summed E-state index contributed by atoms with van der Waals surface area (Å²) in [5.74, 6) is 1.27. The van der Waals surface area contributed by atoms with E-state index in [0.29, 0.717) is 23.7 Å². The fourth-order valence-corrected chi connectivity index (χ4v) is 2.31. The first-order valence-electron chi connectivity index (χ1n) is 6.54. The van der Waals surface area contributed by atoms with Crippen molar-refractivity contribution in [1.29, 1.82) is 5.26 Å². The lowest BCUT2D eigenvalue weighted by molar-refractivity contribution is 0.275. The third kappa shape index (κ3) is 3.08. The first-order valence-corrected chi connectivity index (χ1v) is 6.54. The number of nitriles is 1. The van der Waals surface area contributed by atoms with Crippen LogP contribution >= 0.6 is 12.4 Å². The van der Waals surface area contributed by atoms with Crippen molar-refractivity contribution in [1.82, 2.24) is 0 Å². The zero-order chi connectivity index (χ0) is 14.8. The minimum Gasteiger partial charge on any atom is -0.457 e. The average molecular weight is 317 g/mol. The van der Waals surface area contributed by atoms with Crippen molar-refractivity contribution < 1.29 is 14.4 Å². The van der Waals surface area contributed by atoms with Gasteiger partial charge in [-0.1, -0.05) is 6.07 Å². The van der Waals surface area contributed by atoms with Crippen LogP contribution in [0.4, 0.5) is 0 Å². The molecule has 1 aliphatic heterocycles. The Hall–Kier alpha value is -2.04. The van der Waals surface area contributed by atoms with E-state index in [1.165, 1.54) is 0 Å². The summed E-state index contributed by atoms with van der Waals surface area (Å²) in [5, 5.41) is 18.5. The van der Waals surface area contributed by atoms with Crippen molar-refractivity contribution in [3.8, 4) is 17.6 Å². The molecule has 0 saturated carbocycles. The second-order valence-electron chi connectivity index (χ2n) is 4.76. The maximum atomic E-state index is 9.59. The van der Waals surface area contributed by atoms with Crippen molar-refractivity contribution >= 4 is 25.0 Å². The average Bonchev–Trinajstić information content (AvgIpc) is 2.88. The molecular formula is C15H14BClN2O3. The Morgan fingerprint density at radius 1 is 1.32 bits per heavy atom. The smallest absolute Gasteiger partial charge is 0.457 e. The van der Waals surface area contributed by atoms with Crippen molar-refractivity contribution in [3.63, 3.8) is 0 Å². The normalized spacial score (nSPS) is 12.3. The lowest BCUT2D eigenvalue weighted by Crippen LogP contribution is -2.27. The standard InChI is InChI=1S/C15H13BN2O3.ClH/c17-7-10-1-4-15(11(5-10)8-18)21-13-2-3-14-12(6-13)9-20-16(14)19;/h1-6,19H,8-9,18H2;1H. The minimum atomic E-state index is -0.858. The van der Waals surface area contributed by atoms with Crippen LogP contribution < -0.4 is 15.9 Å². The first-order chi connectivity index (χ1) is 10.2. The lowest BCUT2D eigenvalue weighted by atomic mass is 9.80. The highest BCUT2D eigenvalue weighted by Gasteiger charge is 2.27. The molecule has 3 rings (SSSR count). The Balaban J connectivity index is 0.00000176. The van der Waals surface area contributed by atoms with E-state index in [1.54, 1.807) is 30.3 Å². The Kier molecular flexibility index (Phi) is 5.06. The largest absolute Gasteiger partial charge is 0.491 e. The molecule has 0 fully saturated rings. The van der Waals surface area contributed by atoms with Crippen molar-refractivity contribution in [3.05, 3.63) is 53.1 Å². The molecular weight excluding hydrogens is 302 g/mol. The molecule has 0 unspecified atom stereocenters. The number of fused-ring (bicyclic) bond motifs is 1. The minimum absolute atomic E-state index is 0. The predicted molar refractivity (Wildman–Crippen MR) is 85.2 cm³/mol. The van der Waals surface area contributed by atoms with Crippen LogP contribution in [0.5, 0.6) is 11.5 Å². The van der Waals surface area contributed by atoms with Gasteiger partial charge in [0, 0.05) is 12.1 Å². The van der Waals surface area contributed by atoms with Gasteiger partial charge in [-0.3, -0.25) is 0 Å². The number of nitrogens with zero attached hydrogens (tertiary/aromatic N) is 1. The number of hydrogen-bond acceptors (Lipinski definition) is 5. The van der Waals surface area contributed by atoms with Gasteiger partial charge < -0.3 is 20.1 Å². The molecule has 0 aromatic heterocycles. The van der Waals surface area contributed by atoms with Crippen LogP contribution in [0.25, 0.3) is 0 Å². The van der Waals surface area contributed by atoms with Crippen LogP contribution in [0.15, 0.2) is 36.4 Å². The molecule has 0 aliphatic carbocycles. The van der Waals surface area contributed by atoms with E-state index in [0.717, 1.165) is 16.6 Å². The van der Waals surface area contributed by atoms with Gasteiger partial charge in [-0.25, -0.2) is 0 Å². The molecule has 0 spiro atoms. The highest BCUT2D eigenvalue weighted by atomic mass is 35.5. The van der Waals surface area contributed by atoms with Crippen LogP contribution in [0, 0.1) is 11.3 Å². The van der Waals surface area contributed by atoms with Gasteiger partial charge in [-0.05, 0) is 41.4 Å². The van der Waals surface area contributed by atoms with E-state index >= 15 is 0 Å². The maximum absolute atomic E-state index is 9.59. The summed E-state index contributed by atoms with van der Waals surface area (Å²) in [6.45, 7) is 0.655. The molecule has 7 heteroatoms. The van der Waals surface area contributed by atoms with Crippen molar-refractivity contribution in [2.75, 3.05) is 0 Å². The quantitative estimate of drug-likeness (QED) is 0.837. The van der Waals surface area contributed by atoms with Gasteiger partial charge in [0.1, 0.15) is 11.5 Å². The molecule has 1 aliphatic rings. The SMILES string of the molecule is Cl.N#Cc1ccc(Oc2ccc3c(c2)COB3O)c(CN)c1. The molecule has 2 aromatic rings. The molecule has 0 radical (unpaired) electrons. The Morgan fingerprint density at radius 2 is 2.14 bits per heavy atom. The number of nitrogens with two attached hydrogens (primary N) is 1. The number of rotatable bonds is 3. The molecule has 1 heterocycles. The zero-order valence-corrected chi connectivity index (χ0v) is 12.5. The van der Waals surface area contributed by atoms with E-state index in [9.17, 15) is 5.02 Å². The summed E-state index contributed by atoms with van der Waals surface area (Å²) in [6.07, 6.45) is 0.